The number of rotatable bonds is 2. The third kappa shape index (κ3) is 9.70. The van der Waals surface area contributed by atoms with Crippen LogP contribution in [0.2, 0.25) is 0 Å². The highest BCUT2D eigenvalue weighted by atomic mass is 79.9. The van der Waals surface area contributed by atoms with Gasteiger partial charge in [0.1, 0.15) is 0 Å². The Bertz CT molecular complexity index is 334. The second kappa shape index (κ2) is 6.98. The van der Waals surface area contributed by atoms with Crippen LogP contribution in [0.3, 0.4) is 0 Å². The summed E-state index contributed by atoms with van der Waals surface area (Å²) < 4.78 is 28.7. The fourth-order valence-corrected chi connectivity index (χ4v) is 1.49. The molecule has 80 valence electrons. The molecular weight excluding hydrogens is 268 g/mol. The van der Waals surface area contributed by atoms with Crippen LogP contribution in [0.1, 0.15) is 13.3 Å². The van der Waals surface area contributed by atoms with E-state index in [9.17, 15) is 8.42 Å². The normalized spacial score (nSPS) is 10.2. The molecule has 0 bridgehead atoms. The Morgan fingerprint density at radius 2 is 1.79 bits per heavy atom. The van der Waals surface area contributed by atoms with Crippen LogP contribution < -0.4 is 0 Å². The van der Waals surface area contributed by atoms with E-state index < -0.39 is 10.1 Å². The predicted molar refractivity (Wildman–Crippen MR) is 60.8 cm³/mol. The monoisotopic (exact) mass is 280 g/mol. The standard InChI is InChI=1S/C6H5Br.C3H8O3S/c7-6-4-2-1-3-5-6;1-2-3-7(4,5)6/h1-5H;2-3H2,1H3,(H,4,5,6). The first-order valence-corrected chi connectivity index (χ1v) is 6.51. The largest absolute Gasteiger partial charge is 0.286 e. The molecule has 14 heavy (non-hydrogen) atoms. The van der Waals surface area contributed by atoms with Crippen LogP contribution in [-0.2, 0) is 10.1 Å². The van der Waals surface area contributed by atoms with Crippen molar-refractivity contribution in [3.63, 3.8) is 0 Å². The minimum absolute atomic E-state index is 0.132. The molecule has 1 rings (SSSR count). The van der Waals surface area contributed by atoms with Gasteiger partial charge in [-0.05, 0) is 18.6 Å². The molecule has 0 spiro atoms. The molecule has 0 aromatic heterocycles. The Morgan fingerprint density at radius 3 is 1.93 bits per heavy atom. The Kier molecular flexibility index (Phi) is 6.78. The zero-order valence-electron chi connectivity index (χ0n) is 7.85. The van der Waals surface area contributed by atoms with Gasteiger partial charge in [0.25, 0.3) is 10.1 Å². The maximum absolute atomic E-state index is 9.79. The summed E-state index contributed by atoms with van der Waals surface area (Å²) in [6.07, 6.45) is 0.471. The van der Waals surface area contributed by atoms with Crippen molar-refractivity contribution < 1.29 is 13.0 Å². The summed E-state index contributed by atoms with van der Waals surface area (Å²) in [5, 5.41) is 0. The van der Waals surface area contributed by atoms with Gasteiger partial charge in [0, 0.05) is 4.47 Å². The van der Waals surface area contributed by atoms with E-state index >= 15 is 0 Å². The molecule has 0 saturated heterocycles. The van der Waals surface area contributed by atoms with Gasteiger partial charge in [-0.15, -0.1) is 0 Å². The van der Waals surface area contributed by atoms with E-state index in [2.05, 4.69) is 15.9 Å². The van der Waals surface area contributed by atoms with Crippen LogP contribution in [0, 0.1) is 0 Å². The fraction of sp³-hybridized carbons (Fsp3) is 0.333. The molecule has 0 saturated carbocycles. The van der Waals surface area contributed by atoms with Crippen molar-refractivity contribution in [2.75, 3.05) is 5.75 Å². The average molecular weight is 281 g/mol. The molecule has 3 nitrogen and oxygen atoms in total. The molecule has 5 heteroatoms. The first-order chi connectivity index (χ1) is 6.45. The van der Waals surface area contributed by atoms with E-state index in [-0.39, 0.29) is 5.75 Å². The van der Waals surface area contributed by atoms with Crippen molar-refractivity contribution in [2.45, 2.75) is 13.3 Å². The van der Waals surface area contributed by atoms with E-state index in [0.717, 1.165) is 4.47 Å². The summed E-state index contributed by atoms with van der Waals surface area (Å²) in [6, 6.07) is 9.97. The third-order valence-corrected chi connectivity index (χ3v) is 2.65. The second-order valence-electron chi connectivity index (χ2n) is 2.58. The Labute approximate surface area is 93.0 Å². The van der Waals surface area contributed by atoms with Crippen molar-refractivity contribution in [1.29, 1.82) is 0 Å². The maximum atomic E-state index is 9.79. The highest BCUT2D eigenvalue weighted by Crippen LogP contribution is 2.05. The lowest BCUT2D eigenvalue weighted by atomic mass is 10.4. The van der Waals surface area contributed by atoms with Crippen LogP contribution >= 0.6 is 15.9 Å². The lowest BCUT2D eigenvalue weighted by Gasteiger charge is -1.85. The number of halogens is 1. The molecule has 0 aliphatic carbocycles. The lowest BCUT2D eigenvalue weighted by Crippen LogP contribution is -2.01. The molecule has 1 N–H and O–H groups in total. The Hall–Kier alpha value is -0.390. The number of hydrogen-bond acceptors (Lipinski definition) is 2. The van der Waals surface area contributed by atoms with Crippen molar-refractivity contribution >= 4 is 26.0 Å². The lowest BCUT2D eigenvalue weighted by molar-refractivity contribution is 0.482. The number of hydrogen-bond donors (Lipinski definition) is 1. The van der Waals surface area contributed by atoms with Crippen LogP contribution in [-0.4, -0.2) is 18.7 Å². The van der Waals surface area contributed by atoms with Crippen LogP contribution in [0.15, 0.2) is 34.8 Å². The highest BCUT2D eigenvalue weighted by Gasteiger charge is 1.98. The van der Waals surface area contributed by atoms with E-state index in [0.29, 0.717) is 6.42 Å². The van der Waals surface area contributed by atoms with Crippen LogP contribution in [0.5, 0.6) is 0 Å². The van der Waals surface area contributed by atoms with Gasteiger partial charge in [-0.3, -0.25) is 4.55 Å². The SMILES string of the molecule is Brc1ccccc1.CCCS(=O)(=O)O. The molecule has 0 aliphatic heterocycles. The minimum atomic E-state index is -3.67. The summed E-state index contributed by atoms with van der Waals surface area (Å²) in [5.74, 6) is -0.132. The molecule has 0 radical (unpaired) electrons. The molecule has 0 heterocycles. The summed E-state index contributed by atoms with van der Waals surface area (Å²) in [4.78, 5) is 0. The van der Waals surface area contributed by atoms with Gasteiger partial charge in [-0.25, -0.2) is 0 Å². The number of benzene rings is 1. The van der Waals surface area contributed by atoms with Gasteiger partial charge in [-0.1, -0.05) is 41.1 Å². The van der Waals surface area contributed by atoms with E-state index in [1.165, 1.54) is 0 Å². The summed E-state index contributed by atoms with van der Waals surface area (Å²) in [6.45, 7) is 1.69. The molecule has 0 fully saturated rings. The van der Waals surface area contributed by atoms with Gasteiger partial charge in [0.05, 0.1) is 5.75 Å². The van der Waals surface area contributed by atoms with Gasteiger partial charge in [-0.2, -0.15) is 8.42 Å². The highest BCUT2D eigenvalue weighted by molar-refractivity contribution is 9.10. The quantitative estimate of drug-likeness (QED) is 0.848. The van der Waals surface area contributed by atoms with Gasteiger partial charge < -0.3 is 0 Å². The van der Waals surface area contributed by atoms with Gasteiger partial charge in [0.15, 0.2) is 0 Å². The third-order valence-electron chi connectivity index (χ3n) is 1.20. The molecule has 0 unspecified atom stereocenters. The summed E-state index contributed by atoms with van der Waals surface area (Å²) in [5.41, 5.74) is 0. The van der Waals surface area contributed by atoms with Crippen molar-refractivity contribution in [1.82, 2.24) is 0 Å². The smallest absolute Gasteiger partial charge is 0.264 e. The molecular formula is C9H13BrO3S. The molecule has 1 aromatic rings. The van der Waals surface area contributed by atoms with Gasteiger partial charge in [0.2, 0.25) is 0 Å². The van der Waals surface area contributed by atoms with E-state index in [1.54, 1.807) is 6.92 Å². The maximum Gasteiger partial charge on any atom is 0.264 e. The topological polar surface area (TPSA) is 54.4 Å². The van der Waals surface area contributed by atoms with Crippen molar-refractivity contribution in [3.05, 3.63) is 34.8 Å². The summed E-state index contributed by atoms with van der Waals surface area (Å²) in [7, 11) is -3.67. The first kappa shape index (κ1) is 13.6. The minimum Gasteiger partial charge on any atom is -0.286 e. The van der Waals surface area contributed by atoms with Crippen LogP contribution in [0.25, 0.3) is 0 Å². The van der Waals surface area contributed by atoms with E-state index in [1.807, 2.05) is 30.3 Å². The molecule has 0 atom stereocenters. The molecule has 1 aromatic carbocycles. The zero-order valence-corrected chi connectivity index (χ0v) is 10.3. The average Bonchev–Trinajstić information content (AvgIpc) is 2.04. The Balaban J connectivity index is 0.000000241. The van der Waals surface area contributed by atoms with Crippen molar-refractivity contribution in [3.8, 4) is 0 Å². The first-order valence-electron chi connectivity index (χ1n) is 4.11. The molecule has 0 aliphatic rings. The Morgan fingerprint density at radius 1 is 1.29 bits per heavy atom. The van der Waals surface area contributed by atoms with Crippen molar-refractivity contribution in [2.24, 2.45) is 0 Å². The van der Waals surface area contributed by atoms with E-state index in [4.69, 9.17) is 4.55 Å². The van der Waals surface area contributed by atoms with Crippen LogP contribution in [0.4, 0.5) is 0 Å². The second-order valence-corrected chi connectivity index (χ2v) is 5.07. The predicted octanol–water partition coefficient (Wildman–Crippen LogP) is 2.73. The zero-order chi connectivity index (χ0) is 11.0. The fourth-order valence-electron chi connectivity index (χ4n) is 0.673. The summed E-state index contributed by atoms with van der Waals surface area (Å²) >= 11 is 3.31. The van der Waals surface area contributed by atoms with Gasteiger partial charge >= 0.3 is 0 Å². The molecule has 0 amide bonds.